The van der Waals surface area contributed by atoms with Crippen molar-refractivity contribution in [2.45, 2.75) is 20.8 Å². The lowest BCUT2D eigenvalue weighted by molar-refractivity contribution is 0.890. The highest BCUT2D eigenvalue weighted by molar-refractivity contribution is 7.18. The number of rotatable bonds is 0. The molecule has 0 spiro atoms. The van der Waals surface area contributed by atoms with Gasteiger partial charge in [-0.25, -0.2) is 4.98 Å². The van der Waals surface area contributed by atoms with Crippen LogP contribution >= 0.6 is 11.3 Å². The second-order valence-corrected chi connectivity index (χ2v) is 4.67. The fourth-order valence-corrected chi connectivity index (χ4v) is 2.46. The van der Waals surface area contributed by atoms with Crippen LogP contribution < -0.4 is 5.43 Å². The summed E-state index contributed by atoms with van der Waals surface area (Å²) in [5.74, 6) is 0. The van der Waals surface area contributed by atoms with Gasteiger partial charge in [0.2, 0.25) is 5.43 Å². The van der Waals surface area contributed by atoms with Crippen molar-refractivity contribution in [3.63, 3.8) is 0 Å². The first-order valence-electron chi connectivity index (χ1n) is 4.45. The molecule has 0 saturated carbocycles. The van der Waals surface area contributed by atoms with Crippen molar-refractivity contribution >= 4 is 21.7 Å². The molecular weight excluding hydrogens is 196 g/mol. The number of thiazole rings is 1. The Bertz CT molecular complexity index is 565. The van der Waals surface area contributed by atoms with Crippen molar-refractivity contribution < 1.29 is 0 Å². The molecule has 4 heteroatoms. The van der Waals surface area contributed by atoms with Gasteiger partial charge in [0.15, 0.2) is 0 Å². The number of nitrogens with zero attached hydrogens (tertiary/aromatic N) is 2. The molecule has 0 bridgehead atoms. The Hall–Kier alpha value is -1.16. The zero-order valence-electron chi connectivity index (χ0n) is 8.71. The van der Waals surface area contributed by atoms with E-state index in [1.165, 1.54) is 0 Å². The summed E-state index contributed by atoms with van der Waals surface area (Å²) in [5.41, 5.74) is 2.49. The summed E-state index contributed by atoms with van der Waals surface area (Å²) in [5, 5.41) is 0.942. The summed E-state index contributed by atoms with van der Waals surface area (Å²) in [7, 11) is 1.97. The van der Waals surface area contributed by atoms with E-state index in [0.717, 1.165) is 21.1 Å². The van der Waals surface area contributed by atoms with Gasteiger partial charge in [-0.15, -0.1) is 11.3 Å². The van der Waals surface area contributed by atoms with Crippen molar-refractivity contribution in [3.05, 3.63) is 26.5 Å². The molecule has 0 aliphatic rings. The summed E-state index contributed by atoms with van der Waals surface area (Å²) < 4.78 is 2.04. The molecule has 0 atom stereocenters. The molecule has 0 saturated heterocycles. The number of aromatic nitrogens is 2. The quantitative estimate of drug-likeness (QED) is 0.663. The first-order chi connectivity index (χ1) is 6.52. The van der Waals surface area contributed by atoms with Gasteiger partial charge in [0.25, 0.3) is 0 Å². The minimum absolute atomic E-state index is 0.0694. The minimum atomic E-state index is 0.0694. The number of hydrogen-bond donors (Lipinski definition) is 0. The lowest BCUT2D eigenvalue weighted by Crippen LogP contribution is -2.13. The Morgan fingerprint density at radius 2 is 1.93 bits per heavy atom. The summed E-state index contributed by atoms with van der Waals surface area (Å²) in [6, 6.07) is 0. The van der Waals surface area contributed by atoms with E-state index in [1.54, 1.807) is 11.3 Å². The van der Waals surface area contributed by atoms with E-state index in [-0.39, 0.29) is 5.43 Å². The lowest BCUT2D eigenvalue weighted by Gasteiger charge is -2.07. The Morgan fingerprint density at radius 3 is 2.57 bits per heavy atom. The Morgan fingerprint density at radius 1 is 1.29 bits per heavy atom. The zero-order chi connectivity index (χ0) is 10.5. The van der Waals surface area contributed by atoms with Crippen LogP contribution in [0.25, 0.3) is 10.3 Å². The van der Waals surface area contributed by atoms with Gasteiger partial charge >= 0.3 is 0 Å². The van der Waals surface area contributed by atoms with Gasteiger partial charge in [-0.3, -0.25) is 4.79 Å². The predicted octanol–water partition coefficient (Wildman–Crippen LogP) is 1.92. The van der Waals surface area contributed by atoms with Crippen LogP contribution in [0.5, 0.6) is 0 Å². The highest BCUT2D eigenvalue weighted by atomic mass is 32.1. The second-order valence-electron chi connectivity index (χ2n) is 3.49. The first kappa shape index (κ1) is 9.40. The molecule has 74 valence electrons. The van der Waals surface area contributed by atoms with Gasteiger partial charge < -0.3 is 4.57 Å². The number of fused-ring (bicyclic) bond motifs is 1. The van der Waals surface area contributed by atoms with Gasteiger partial charge in [0.05, 0.1) is 5.01 Å². The van der Waals surface area contributed by atoms with E-state index >= 15 is 0 Å². The highest BCUT2D eigenvalue weighted by Gasteiger charge is 2.12. The van der Waals surface area contributed by atoms with Crippen LogP contribution in [0.3, 0.4) is 0 Å². The van der Waals surface area contributed by atoms with Crippen molar-refractivity contribution in [1.82, 2.24) is 9.55 Å². The summed E-state index contributed by atoms with van der Waals surface area (Å²) in [6.07, 6.45) is 0. The van der Waals surface area contributed by atoms with Crippen LogP contribution in [-0.2, 0) is 7.05 Å². The second kappa shape index (κ2) is 2.92. The fourth-order valence-electron chi connectivity index (χ4n) is 1.54. The number of aryl methyl sites for hydroxylation is 2. The average molecular weight is 208 g/mol. The molecule has 0 unspecified atom stereocenters. The largest absolute Gasteiger partial charge is 0.338 e. The maximum Gasteiger partial charge on any atom is 0.211 e. The van der Waals surface area contributed by atoms with Crippen molar-refractivity contribution in [1.29, 1.82) is 0 Å². The lowest BCUT2D eigenvalue weighted by atomic mass is 10.2. The molecule has 0 N–H and O–H groups in total. The monoisotopic (exact) mass is 208 g/mol. The summed E-state index contributed by atoms with van der Waals surface area (Å²) in [6.45, 7) is 5.74. The average Bonchev–Trinajstić information content (AvgIpc) is 2.54. The van der Waals surface area contributed by atoms with Crippen LogP contribution in [-0.4, -0.2) is 9.55 Å². The SMILES string of the molecule is Cc1nc2c(=O)c(C)c(C)n(C)c2s1. The van der Waals surface area contributed by atoms with Crippen molar-refractivity contribution in [3.8, 4) is 0 Å². The van der Waals surface area contributed by atoms with Crippen LogP contribution in [0.15, 0.2) is 4.79 Å². The summed E-state index contributed by atoms with van der Waals surface area (Å²) >= 11 is 1.57. The Labute approximate surface area is 86.0 Å². The van der Waals surface area contributed by atoms with Crippen LogP contribution in [0.1, 0.15) is 16.3 Å². The van der Waals surface area contributed by atoms with Gasteiger partial charge in [0, 0.05) is 18.3 Å². The van der Waals surface area contributed by atoms with Crippen LogP contribution in [0.4, 0.5) is 0 Å². The Balaban J connectivity index is 3.09. The molecule has 2 aromatic rings. The fraction of sp³-hybridized carbons (Fsp3) is 0.400. The predicted molar refractivity (Wildman–Crippen MR) is 59.1 cm³/mol. The van der Waals surface area contributed by atoms with Gasteiger partial charge in [0.1, 0.15) is 10.3 Å². The molecule has 0 radical (unpaired) electrons. The van der Waals surface area contributed by atoms with E-state index in [1.807, 2.05) is 32.4 Å². The normalized spacial score (nSPS) is 11.1. The molecule has 0 aliphatic heterocycles. The number of hydrogen-bond acceptors (Lipinski definition) is 3. The first-order valence-corrected chi connectivity index (χ1v) is 5.27. The molecule has 14 heavy (non-hydrogen) atoms. The van der Waals surface area contributed by atoms with Crippen molar-refractivity contribution in [2.75, 3.05) is 0 Å². The Kier molecular flexibility index (Phi) is 1.96. The molecule has 0 fully saturated rings. The molecular formula is C10H12N2OS. The van der Waals surface area contributed by atoms with E-state index in [2.05, 4.69) is 4.98 Å². The molecule has 2 heterocycles. The molecule has 0 aromatic carbocycles. The van der Waals surface area contributed by atoms with Gasteiger partial charge in [-0.05, 0) is 20.8 Å². The van der Waals surface area contributed by atoms with Gasteiger partial charge in [-0.1, -0.05) is 0 Å². The van der Waals surface area contributed by atoms with E-state index in [4.69, 9.17) is 0 Å². The highest BCUT2D eigenvalue weighted by Crippen LogP contribution is 2.20. The van der Waals surface area contributed by atoms with E-state index < -0.39 is 0 Å². The summed E-state index contributed by atoms with van der Waals surface area (Å²) in [4.78, 5) is 17.1. The van der Waals surface area contributed by atoms with Crippen LogP contribution in [0, 0.1) is 20.8 Å². The third-order valence-electron chi connectivity index (χ3n) is 2.62. The van der Waals surface area contributed by atoms with Crippen molar-refractivity contribution in [2.24, 2.45) is 7.05 Å². The minimum Gasteiger partial charge on any atom is -0.338 e. The molecule has 0 amide bonds. The maximum absolute atomic E-state index is 11.8. The topological polar surface area (TPSA) is 34.9 Å². The van der Waals surface area contributed by atoms with Gasteiger partial charge in [-0.2, -0.15) is 0 Å². The van der Waals surface area contributed by atoms with Crippen LogP contribution in [0.2, 0.25) is 0 Å². The molecule has 0 aliphatic carbocycles. The zero-order valence-corrected chi connectivity index (χ0v) is 9.53. The molecule has 2 rings (SSSR count). The maximum atomic E-state index is 11.8. The standard InChI is InChI=1S/C10H12N2OS/c1-5-6(2)12(4)10-8(9(5)13)11-7(3)14-10/h1-4H3. The molecule has 2 aromatic heterocycles. The third kappa shape index (κ3) is 1.10. The smallest absolute Gasteiger partial charge is 0.211 e. The molecule has 3 nitrogen and oxygen atoms in total. The van der Waals surface area contributed by atoms with E-state index in [0.29, 0.717) is 5.52 Å². The van der Waals surface area contributed by atoms with E-state index in [9.17, 15) is 4.79 Å². The third-order valence-corrected chi connectivity index (χ3v) is 3.67. The number of pyridine rings is 1.